The average Bonchev–Trinajstić information content (AvgIpc) is 1.87. The number of hydrogen-bond acceptors (Lipinski definition) is 2. The summed E-state index contributed by atoms with van der Waals surface area (Å²) >= 11 is 0. The molecule has 0 radical (unpaired) electrons. The van der Waals surface area contributed by atoms with E-state index in [2.05, 4.69) is 13.8 Å². The lowest BCUT2D eigenvalue weighted by molar-refractivity contribution is -0.128. The molecule has 0 aliphatic carbocycles. The van der Waals surface area contributed by atoms with Gasteiger partial charge in [-0.25, -0.2) is 0 Å². The van der Waals surface area contributed by atoms with Gasteiger partial charge in [-0.1, -0.05) is 13.8 Å². The van der Waals surface area contributed by atoms with Gasteiger partial charge in [0.25, 0.3) is 0 Å². The smallest absolute Gasteiger partial charge is 0.154 e. The van der Waals surface area contributed by atoms with Crippen molar-refractivity contribution in [3.63, 3.8) is 0 Å². The van der Waals surface area contributed by atoms with Crippen LogP contribution < -0.4 is 0 Å². The molecule has 0 fully saturated rings. The lowest BCUT2D eigenvalue weighted by atomic mass is 10.1. The van der Waals surface area contributed by atoms with Crippen molar-refractivity contribution in [1.82, 2.24) is 0 Å². The molecule has 0 heterocycles. The third-order valence-corrected chi connectivity index (χ3v) is 1.45. The molecule has 0 amide bonds. The largest absolute Gasteiger partial charge is 0.353 e. The van der Waals surface area contributed by atoms with Gasteiger partial charge in [0, 0.05) is 13.2 Å². The molecule has 1 unspecified atom stereocenters. The summed E-state index contributed by atoms with van der Waals surface area (Å²) in [4.78, 5) is 0. The second-order valence-corrected chi connectivity index (χ2v) is 3.08. The van der Waals surface area contributed by atoms with Gasteiger partial charge in [0.2, 0.25) is 0 Å². The van der Waals surface area contributed by atoms with E-state index in [1.54, 1.807) is 0 Å². The molecular weight excluding hydrogens is 140 g/mol. The van der Waals surface area contributed by atoms with E-state index in [9.17, 15) is 0 Å². The molecule has 0 aliphatic heterocycles. The van der Waals surface area contributed by atoms with E-state index in [-0.39, 0.29) is 6.29 Å². The second kappa shape index (κ2) is 6.62. The molecule has 68 valence electrons. The first-order chi connectivity index (χ1) is 5.16. The molecule has 0 N–H and O–H groups in total. The Morgan fingerprint density at radius 3 is 2.18 bits per heavy atom. The minimum Gasteiger partial charge on any atom is -0.353 e. The van der Waals surface area contributed by atoms with Crippen molar-refractivity contribution in [2.45, 2.75) is 40.4 Å². The summed E-state index contributed by atoms with van der Waals surface area (Å²) in [6, 6.07) is 0. The van der Waals surface area contributed by atoms with E-state index in [0.29, 0.717) is 5.92 Å². The molecule has 0 rings (SSSR count). The van der Waals surface area contributed by atoms with Crippen molar-refractivity contribution in [1.29, 1.82) is 0 Å². The van der Waals surface area contributed by atoms with E-state index in [4.69, 9.17) is 9.47 Å². The molecule has 0 spiro atoms. The maximum Gasteiger partial charge on any atom is 0.154 e. The van der Waals surface area contributed by atoms with Crippen molar-refractivity contribution < 1.29 is 9.47 Å². The molecule has 0 aromatic rings. The first-order valence-electron chi connectivity index (χ1n) is 4.40. The van der Waals surface area contributed by atoms with Crippen LogP contribution >= 0.6 is 0 Å². The highest BCUT2D eigenvalue weighted by molar-refractivity contribution is 4.42. The fourth-order valence-corrected chi connectivity index (χ4v) is 0.753. The Morgan fingerprint density at radius 2 is 1.73 bits per heavy atom. The van der Waals surface area contributed by atoms with Crippen molar-refractivity contribution in [3.8, 4) is 0 Å². The van der Waals surface area contributed by atoms with Crippen molar-refractivity contribution >= 4 is 0 Å². The van der Waals surface area contributed by atoms with Gasteiger partial charge in [-0.05, 0) is 26.2 Å². The van der Waals surface area contributed by atoms with E-state index in [1.165, 1.54) is 0 Å². The number of rotatable bonds is 6. The van der Waals surface area contributed by atoms with Crippen LogP contribution in [0.25, 0.3) is 0 Å². The van der Waals surface area contributed by atoms with Gasteiger partial charge in [-0.3, -0.25) is 0 Å². The van der Waals surface area contributed by atoms with Crippen LogP contribution in [0, 0.1) is 5.92 Å². The molecule has 2 nitrogen and oxygen atoms in total. The number of ether oxygens (including phenoxy) is 2. The van der Waals surface area contributed by atoms with E-state index in [0.717, 1.165) is 19.6 Å². The standard InChI is InChI=1S/C9H20O2/c1-5-10-9(4)11-7-6-8(2)3/h8-9H,5-7H2,1-4H3. The molecule has 1 atom stereocenters. The molecule has 0 aromatic heterocycles. The molecule has 0 bridgehead atoms. The Morgan fingerprint density at radius 1 is 1.09 bits per heavy atom. The molecule has 0 saturated heterocycles. The lowest BCUT2D eigenvalue weighted by Gasteiger charge is -2.13. The third kappa shape index (κ3) is 7.82. The Kier molecular flexibility index (Phi) is 6.57. The van der Waals surface area contributed by atoms with Crippen LogP contribution in [0.5, 0.6) is 0 Å². The normalized spacial score (nSPS) is 13.9. The highest BCUT2D eigenvalue weighted by Gasteiger charge is 2.00. The summed E-state index contributed by atoms with van der Waals surface area (Å²) in [5, 5.41) is 0. The fraction of sp³-hybridized carbons (Fsp3) is 1.00. The van der Waals surface area contributed by atoms with E-state index in [1.807, 2.05) is 13.8 Å². The summed E-state index contributed by atoms with van der Waals surface area (Å²) in [5.74, 6) is 0.712. The van der Waals surface area contributed by atoms with E-state index >= 15 is 0 Å². The van der Waals surface area contributed by atoms with Gasteiger partial charge < -0.3 is 9.47 Å². The quantitative estimate of drug-likeness (QED) is 0.556. The number of hydrogen-bond donors (Lipinski definition) is 0. The zero-order valence-corrected chi connectivity index (χ0v) is 8.09. The first-order valence-corrected chi connectivity index (χ1v) is 4.40. The monoisotopic (exact) mass is 160 g/mol. The van der Waals surface area contributed by atoms with Crippen LogP contribution in [0.15, 0.2) is 0 Å². The van der Waals surface area contributed by atoms with Crippen LogP contribution in [0.3, 0.4) is 0 Å². The zero-order valence-electron chi connectivity index (χ0n) is 8.09. The zero-order chi connectivity index (χ0) is 8.69. The topological polar surface area (TPSA) is 18.5 Å². The van der Waals surface area contributed by atoms with Gasteiger partial charge in [0.05, 0.1) is 0 Å². The highest BCUT2D eigenvalue weighted by Crippen LogP contribution is 2.01. The maximum atomic E-state index is 5.37. The summed E-state index contributed by atoms with van der Waals surface area (Å²) < 4.78 is 10.6. The Hall–Kier alpha value is -0.0800. The first kappa shape index (κ1) is 10.9. The molecular formula is C9H20O2. The van der Waals surface area contributed by atoms with Gasteiger partial charge in [0.1, 0.15) is 0 Å². The van der Waals surface area contributed by atoms with Gasteiger partial charge in [-0.2, -0.15) is 0 Å². The van der Waals surface area contributed by atoms with Crippen LogP contribution in [0.1, 0.15) is 34.1 Å². The molecule has 2 heteroatoms. The van der Waals surface area contributed by atoms with Crippen LogP contribution in [0.2, 0.25) is 0 Å². The minimum atomic E-state index is -0.0428. The van der Waals surface area contributed by atoms with Gasteiger partial charge >= 0.3 is 0 Å². The maximum absolute atomic E-state index is 5.37. The molecule has 0 aromatic carbocycles. The fourth-order valence-electron chi connectivity index (χ4n) is 0.753. The van der Waals surface area contributed by atoms with Crippen LogP contribution in [-0.4, -0.2) is 19.5 Å². The third-order valence-electron chi connectivity index (χ3n) is 1.45. The molecule has 0 aliphatic rings. The predicted octanol–water partition coefficient (Wildman–Crippen LogP) is 2.43. The van der Waals surface area contributed by atoms with Crippen molar-refractivity contribution in [2.24, 2.45) is 5.92 Å². The average molecular weight is 160 g/mol. The molecule has 11 heavy (non-hydrogen) atoms. The Balaban J connectivity index is 3.10. The lowest BCUT2D eigenvalue weighted by Crippen LogP contribution is -2.14. The van der Waals surface area contributed by atoms with Gasteiger partial charge in [-0.15, -0.1) is 0 Å². The van der Waals surface area contributed by atoms with Crippen LogP contribution in [-0.2, 0) is 9.47 Å². The minimum absolute atomic E-state index is 0.0428. The second-order valence-electron chi connectivity index (χ2n) is 3.08. The summed E-state index contributed by atoms with van der Waals surface area (Å²) in [6.45, 7) is 9.82. The highest BCUT2D eigenvalue weighted by atomic mass is 16.7. The SMILES string of the molecule is CCOC(C)OCCC(C)C. The summed E-state index contributed by atoms with van der Waals surface area (Å²) in [5.41, 5.74) is 0. The van der Waals surface area contributed by atoms with E-state index < -0.39 is 0 Å². The Labute approximate surface area is 69.9 Å². The molecule has 0 saturated carbocycles. The van der Waals surface area contributed by atoms with Crippen molar-refractivity contribution in [2.75, 3.05) is 13.2 Å². The van der Waals surface area contributed by atoms with Gasteiger partial charge in [0.15, 0.2) is 6.29 Å². The Bertz CT molecular complexity index is 81.6. The summed E-state index contributed by atoms with van der Waals surface area (Å²) in [7, 11) is 0. The van der Waals surface area contributed by atoms with Crippen LogP contribution in [0.4, 0.5) is 0 Å². The predicted molar refractivity (Wildman–Crippen MR) is 46.5 cm³/mol. The summed E-state index contributed by atoms with van der Waals surface area (Å²) in [6.07, 6.45) is 1.07. The van der Waals surface area contributed by atoms with Crippen molar-refractivity contribution in [3.05, 3.63) is 0 Å².